The van der Waals surface area contributed by atoms with Gasteiger partial charge in [-0.3, -0.25) is 4.79 Å². The van der Waals surface area contributed by atoms with Crippen molar-refractivity contribution in [1.82, 2.24) is 4.98 Å². The van der Waals surface area contributed by atoms with Crippen molar-refractivity contribution in [3.63, 3.8) is 0 Å². The lowest BCUT2D eigenvalue weighted by atomic mass is 10.1. The molecule has 0 saturated carbocycles. The first kappa shape index (κ1) is 14.5. The highest BCUT2D eigenvalue weighted by Crippen LogP contribution is 2.17. The Balaban J connectivity index is 2.05. The second-order valence-corrected chi connectivity index (χ2v) is 5.16. The molecule has 0 bridgehead atoms. The van der Waals surface area contributed by atoms with Crippen molar-refractivity contribution in [2.45, 2.75) is 13.3 Å². The van der Waals surface area contributed by atoms with E-state index in [0.29, 0.717) is 6.42 Å². The van der Waals surface area contributed by atoms with Gasteiger partial charge in [-0.1, -0.05) is 12.1 Å². The number of nitrogens with one attached hydrogen (secondary N) is 1. The van der Waals surface area contributed by atoms with Crippen molar-refractivity contribution >= 4 is 27.5 Å². The highest BCUT2D eigenvalue weighted by atomic mass is 79.9. The van der Waals surface area contributed by atoms with Gasteiger partial charge in [0.2, 0.25) is 5.91 Å². The van der Waals surface area contributed by atoms with E-state index >= 15 is 0 Å². The fourth-order valence-corrected chi connectivity index (χ4v) is 2.22. The number of aryl methyl sites for hydroxylation is 1. The number of carbonyl (C=O) groups is 1. The highest BCUT2D eigenvalue weighted by Gasteiger charge is 2.07. The summed E-state index contributed by atoms with van der Waals surface area (Å²) in [7, 11) is 1.61. The number of methoxy groups -OCH3 is 1. The first-order chi connectivity index (χ1) is 9.58. The predicted octanol–water partition coefficient (Wildman–Crippen LogP) is 3.34. The molecule has 5 heteroatoms. The van der Waals surface area contributed by atoms with Crippen LogP contribution < -0.4 is 10.1 Å². The van der Waals surface area contributed by atoms with E-state index in [1.165, 1.54) is 0 Å². The smallest absolute Gasteiger partial charge is 0.228 e. The van der Waals surface area contributed by atoms with Gasteiger partial charge >= 0.3 is 0 Å². The summed E-state index contributed by atoms with van der Waals surface area (Å²) in [6.07, 6.45) is 0.298. The van der Waals surface area contributed by atoms with Crippen LogP contribution in [0.2, 0.25) is 0 Å². The molecule has 4 nitrogen and oxygen atoms in total. The lowest BCUT2D eigenvalue weighted by Crippen LogP contribution is -2.15. The normalized spacial score (nSPS) is 10.2. The Bertz CT molecular complexity index is 629. The minimum Gasteiger partial charge on any atom is -0.497 e. The number of hydrogen-bond donors (Lipinski definition) is 1. The van der Waals surface area contributed by atoms with Crippen LogP contribution in [0.5, 0.6) is 5.75 Å². The van der Waals surface area contributed by atoms with Gasteiger partial charge in [0, 0.05) is 0 Å². The number of benzene rings is 1. The summed E-state index contributed by atoms with van der Waals surface area (Å²) in [5.74, 6) is 0.669. The average molecular weight is 335 g/mol. The third-order valence-electron chi connectivity index (χ3n) is 2.82. The monoisotopic (exact) mass is 334 g/mol. The van der Waals surface area contributed by atoms with E-state index in [1.54, 1.807) is 13.2 Å². The van der Waals surface area contributed by atoms with Crippen molar-refractivity contribution in [2.75, 3.05) is 12.4 Å². The summed E-state index contributed by atoms with van der Waals surface area (Å²) in [4.78, 5) is 16.3. The van der Waals surface area contributed by atoms with Crippen LogP contribution in [0.1, 0.15) is 11.3 Å². The van der Waals surface area contributed by atoms with Gasteiger partial charge in [0.15, 0.2) is 0 Å². The zero-order valence-corrected chi connectivity index (χ0v) is 12.9. The number of hydrogen-bond acceptors (Lipinski definition) is 3. The molecule has 104 valence electrons. The predicted molar refractivity (Wildman–Crippen MR) is 82.0 cm³/mol. The SMILES string of the molecule is COc1cccc(CC(=O)Nc2ccc(Br)nc2C)c1. The number of ether oxygens (including phenoxy) is 1. The molecular formula is C15H15BrN2O2. The van der Waals surface area contributed by atoms with E-state index in [4.69, 9.17) is 4.74 Å². The first-order valence-corrected chi connectivity index (χ1v) is 6.93. The molecular weight excluding hydrogens is 320 g/mol. The Morgan fingerprint density at radius 2 is 2.15 bits per heavy atom. The molecule has 20 heavy (non-hydrogen) atoms. The first-order valence-electron chi connectivity index (χ1n) is 6.14. The quantitative estimate of drug-likeness (QED) is 0.872. The number of halogens is 1. The molecule has 0 spiro atoms. The number of rotatable bonds is 4. The number of anilines is 1. The largest absolute Gasteiger partial charge is 0.497 e. The molecule has 0 aliphatic rings. The topological polar surface area (TPSA) is 51.2 Å². The third kappa shape index (κ3) is 3.81. The highest BCUT2D eigenvalue weighted by molar-refractivity contribution is 9.10. The summed E-state index contributed by atoms with van der Waals surface area (Å²) < 4.78 is 5.89. The van der Waals surface area contributed by atoms with Crippen molar-refractivity contribution in [3.05, 3.63) is 52.3 Å². The van der Waals surface area contributed by atoms with E-state index in [2.05, 4.69) is 26.2 Å². The van der Waals surface area contributed by atoms with Crippen LogP contribution in [0.4, 0.5) is 5.69 Å². The van der Waals surface area contributed by atoms with Gasteiger partial charge in [0.1, 0.15) is 10.4 Å². The van der Waals surface area contributed by atoms with Crippen LogP contribution in [0.3, 0.4) is 0 Å². The molecule has 0 saturated heterocycles. The van der Waals surface area contributed by atoms with Crippen molar-refractivity contribution < 1.29 is 9.53 Å². The lowest BCUT2D eigenvalue weighted by molar-refractivity contribution is -0.115. The summed E-state index contributed by atoms with van der Waals surface area (Å²) in [6.45, 7) is 1.85. The Morgan fingerprint density at radius 1 is 1.35 bits per heavy atom. The minimum absolute atomic E-state index is 0.0783. The number of nitrogens with zero attached hydrogens (tertiary/aromatic N) is 1. The molecule has 0 aliphatic heterocycles. The van der Waals surface area contributed by atoms with Gasteiger partial charge in [0.05, 0.1) is 24.9 Å². The molecule has 0 aliphatic carbocycles. The van der Waals surface area contributed by atoms with E-state index in [-0.39, 0.29) is 5.91 Å². The standard InChI is InChI=1S/C15H15BrN2O2/c1-10-13(6-7-14(16)17-10)18-15(19)9-11-4-3-5-12(8-11)20-2/h3-8H,9H2,1-2H3,(H,18,19). The molecule has 2 rings (SSSR count). The van der Waals surface area contributed by atoms with Crippen LogP contribution in [0, 0.1) is 6.92 Å². The Labute approximate surface area is 126 Å². The second-order valence-electron chi connectivity index (χ2n) is 4.34. The molecule has 1 N–H and O–H groups in total. The van der Waals surface area contributed by atoms with Crippen LogP contribution >= 0.6 is 15.9 Å². The maximum Gasteiger partial charge on any atom is 0.228 e. The Morgan fingerprint density at radius 3 is 2.85 bits per heavy atom. The van der Waals surface area contributed by atoms with Crippen molar-refractivity contribution in [1.29, 1.82) is 0 Å². The molecule has 0 unspecified atom stereocenters. The van der Waals surface area contributed by atoms with Gasteiger partial charge in [0.25, 0.3) is 0 Å². The molecule has 1 heterocycles. The zero-order valence-electron chi connectivity index (χ0n) is 11.3. The molecule has 2 aromatic rings. The van der Waals surface area contributed by atoms with Crippen LogP contribution in [0.25, 0.3) is 0 Å². The van der Waals surface area contributed by atoms with Gasteiger partial charge < -0.3 is 10.1 Å². The summed E-state index contributed by atoms with van der Waals surface area (Å²) in [5, 5.41) is 2.86. The Hall–Kier alpha value is -1.88. The van der Waals surface area contributed by atoms with Gasteiger partial charge in [-0.2, -0.15) is 0 Å². The van der Waals surface area contributed by atoms with E-state index in [9.17, 15) is 4.79 Å². The van der Waals surface area contributed by atoms with Crippen molar-refractivity contribution in [2.24, 2.45) is 0 Å². The number of aromatic nitrogens is 1. The van der Waals surface area contributed by atoms with Crippen LogP contribution in [0.15, 0.2) is 41.0 Å². The molecule has 1 aromatic heterocycles. The maximum atomic E-state index is 12.0. The van der Waals surface area contributed by atoms with Gasteiger partial charge in [-0.25, -0.2) is 4.98 Å². The maximum absolute atomic E-state index is 12.0. The summed E-state index contributed by atoms with van der Waals surface area (Å²) in [5.41, 5.74) is 2.41. The van der Waals surface area contributed by atoms with Crippen LogP contribution in [-0.4, -0.2) is 18.0 Å². The lowest BCUT2D eigenvalue weighted by Gasteiger charge is -2.08. The van der Waals surface area contributed by atoms with Gasteiger partial charge in [-0.05, 0) is 52.7 Å². The number of amides is 1. The van der Waals surface area contributed by atoms with Gasteiger partial charge in [-0.15, -0.1) is 0 Å². The average Bonchev–Trinajstić information content (AvgIpc) is 2.42. The third-order valence-corrected chi connectivity index (χ3v) is 3.27. The fraction of sp³-hybridized carbons (Fsp3) is 0.200. The molecule has 0 radical (unpaired) electrons. The number of pyridine rings is 1. The number of carbonyl (C=O) groups excluding carboxylic acids is 1. The zero-order chi connectivity index (χ0) is 14.5. The van der Waals surface area contributed by atoms with Crippen molar-refractivity contribution in [3.8, 4) is 5.75 Å². The van der Waals surface area contributed by atoms with E-state index in [1.807, 2.05) is 37.3 Å². The Kier molecular flexibility index (Phi) is 4.74. The molecule has 0 fully saturated rings. The summed E-state index contributed by atoms with van der Waals surface area (Å²) in [6, 6.07) is 11.1. The molecule has 1 amide bonds. The summed E-state index contributed by atoms with van der Waals surface area (Å²) >= 11 is 3.29. The molecule has 0 atom stereocenters. The molecule has 1 aromatic carbocycles. The second kappa shape index (κ2) is 6.52. The van der Waals surface area contributed by atoms with E-state index < -0.39 is 0 Å². The van der Waals surface area contributed by atoms with E-state index in [0.717, 1.165) is 27.3 Å². The minimum atomic E-state index is -0.0783. The van der Waals surface area contributed by atoms with Crippen LogP contribution in [-0.2, 0) is 11.2 Å². The fourth-order valence-electron chi connectivity index (χ4n) is 1.82.